The first-order valence-electron chi connectivity index (χ1n) is 23.5. The number of nitrogens with zero attached hydrogens (tertiary/aromatic N) is 4. The van der Waals surface area contributed by atoms with Crippen molar-refractivity contribution in [2.45, 2.75) is 0 Å². The highest BCUT2D eigenvalue weighted by Gasteiger charge is 2.26. The van der Waals surface area contributed by atoms with Crippen molar-refractivity contribution in [2.75, 3.05) is 0 Å². The standard InChI is InChI=1S/C64H38N4O/c1-3-17-39(18-4-1)42-35-43(40-19-5-2-6-20-40)37-44(36-42)67-56-34-33-55-59(61(56)60-49-24-9-7-21-45(49)46-22-8-10-25-50(46)63(60)67)52-27-12-15-29-54(52)68(55)64-65-53-28-14-11-26-51(53)62(66-64)41-31-32-48-47-23-13-16-30-57(47)69-58(48)38-41/h1-38H. The summed E-state index contributed by atoms with van der Waals surface area (Å²) >= 11 is 0. The van der Waals surface area contributed by atoms with Gasteiger partial charge < -0.3 is 8.98 Å². The molecule has 0 unspecified atom stereocenters. The lowest BCUT2D eigenvalue weighted by atomic mass is 9.95. The molecular formula is C64H38N4O. The average Bonchev–Trinajstić information content (AvgIpc) is 4.09. The van der Waals surface area contributed by atoms with Gasteiger partial charge in [0.1, 0.15) is 11.2 Å². The number of rotatable bonds is 5. The topological polar surface area (TPSA) is 48.8 Å². The van der Waals surface area contributed by atoms with Crippen LogP contribution in [0.3, 0.4) is 0 Å². The van der Waals surface area contributed by atoms with Crippen molar-refractivity contribution in [3.63, 3.8) is 0 Å². The maximum absolute atomic E-state index is 6.42. The van der Waals surface area contributed by atoms with E-state index in [1.807, 2.05) is 12.1 Å². The summed E-state index contributed by atoms with van der Waals surface area (Å²) in [6, 6.07) is 82.8. The molecule has 0 aliphatic heterocycles. The lowest BCUT2D eigenvalue weighted by molar-refractivity contribution is 0.669. The fourth-order valence-corrected chi connectivity index (χ4v) is 11.3. The molecule has 0 N–H and O–H groups in total. The van der Waals surface area contributed by atoms with E-state index in [9.17, 15) is 0 Å². The maximum Gasteiger partial charge on any atom is 0.235 e. The van der Waals surface area contributed by atoms with Gasteiger partial charge in [0.15, 0.2) is 0 Å². The molecular weight excluding hydrogens is 841 g/mol. The highest BCUT2D eigenvalue weighted by molar-refractivity contribution is 6.38. The summed E-state index contributed by atoms with van der Waals surface area (Å²) < 4.78 is 11.2. The zero-order valence-electron chi connectivity index (χ0n) is 37.1. The molecule has 15 aromatic rings. The number of furan rings is 1. The van der Waals surface area contributed by atoms with E-state index in [1.54, 1.807) is 0 Å². The second-order valence-electron chi connectivity index (χ2n) is 18.1. The minimum atomic E-state index is 0.612. The van der Waals surface area contributed by atoms with E-state index in [-0.39, 0.29) is 0 Å². The molecule has 0 saturated heterocycles. The Labute approximate surface area is 395 Å². The van der Waals surface area contributed by atoms with Gasteiger partial charge in [-0.15, -0.1) is 0 Å². The van der Waals surface area contributed by atoms with Crippen LogP contribution >= 0.6 is 0 Å². The molecule has 0 amide bonds. The molecule has 11 aromatic carbocycles. The number of para-hydroxylation sites is 3. The van der Waals surface area contributed by atoms with Crippen LogP contribution in [0.5, 0.6) is 0 Å². The fraction of sp³-hybridized carbons (Fsp3) is 0. The average molecular weight is 879 g/mol. The second-order valence-corrected chi connectivity index (χ2v) is 18.1. The molecule has 0 fully saturated rings. The summed E-state index contributed by atoms with van der Waals surface area (Å²) in [5.41, 5.74) is 14.6. The van der Waals surface area contributed by atoms with E-state index in [0.717, 1.165) is 88.2 Å². The van der Waals surface area contributed by atoms with Crippen molar-refractivity contribution in [3.8, 4) is 45.1 Å². The third-order valence-corrected chi connectivity index (χ3v) is 14.3. The van der Waals surface area contributed by atoms with Crippen molar-refractivity contribution in [1.82, 2.24) is 19.1 Å². The van der Waals surface area contributed by atoms with E-state index in [4.69, 9.17) is 14.4 Å². The van der Waals surface area contributed by atoms with E-state index in [1.165, 1.54) is 49.0 Å². The summed E-state index contributed by atoms with van der Waals surface area (Å²) in [6.07, 6.45) is 0. The van der Waals surface area contributed by atoms with Crippen LogP contribution in [0, 0.1) is 0 Å². The molecule has 0 radical (unpaired) electrons. The lowest BCUT2D eigenvalue weighted by Crippen LogP contribution is -2.03. The molecule has 0 bridgehead atoms. The molecule has 0 spiro atoms. The van der Waals surface area contributed by atoms with Crippen LogP contribution in [0.4, 0.5) is 0 Å². The number of hydrogen-bond acceptors (Lipinski definition) is 3. The Morgan fingerprint density at radius 1 is 0.304 bits per heavy atom. The van der Waals surface area contributed by atoms with Gasteiger partial charge in [-0.05, 0) is 99.1 Å². The third kappa shape index (κ3) is 5.59. The van der Waals surface area contributed by atoms with E-state index >= 15 is 0 Å². The van der Waals surface area contributed by atoms with Crippen LogP contribution in [0.2, 0.25) is 0 Å². The van der Waals surface area contributed by atoms with Gasteiger partial charge >= 0.3 is 0 Å². The summed E-state index contributed by atoms with van der Waals surface area (Å²) in [6.45, 7) is 0. The Balaban J connectivity index is 1.07. The summed E-state index contributed by atoms with van der Waals surface area (Å²) in [7, 11) is 0. The Bertz CT molecular complexity index is 4540. The third-order valence-electron chi connectivity index (χ3n) is 14.3. The molecule has 69 heavy (non-hydrogen) atoms. The highest BCUT2D eigenvalue weighted by atomic mass is 16.3. The Morgan fingerprint density at radius 3 is 1.61 bits per heavy atom. The summed E-state index contributed by atoms with van der Waals surface area (Å²) in [5.74, 6) is 0.612. The minimum Gasteiger partial charge on any atom is -0.456 e. The molecule has 0 aliphatic rings. The largest absolute Gasteiger partial charge is 0.456 e. The van der Waals surface area contributed by atoms with Gasteiger partial charge in [0.05, 0.1) is 33.3 Å². The van der Waals surface area contributed by atoms with Crippen LogP contribution in [-0.4, -0.2) is 19.1 Å². The van der Waals surface area contributed by atoms with Crippen molar-refractivity contribution < 1.29 is 4.42 Å². The zero-order chi connectivity index (χ0) is 45.2. The Kier molecular flexibility index (Phi) is 8.00. The molecule has 15 rings (SSSR count). The van der Waals surface area contributed by atoms with Gasteiger partial charge in [-0.25, -0.2) is 9.97 Å². The minimum absolute atomic E-state index is 0.612. The van der Waals surface area contributed by atoms with E-state index < -0.39 is 0 Å². The molecule has 0 saturated carbocycles. The van der Waals surface area contributed by atoms with Gasteiger partial charge in [0.2, 0.25) is 5.95 Å². The van der Waals surface area contributed by atoms with Crippen LogP contribution in [0.1, 0.15) is 0 Å². The SMILES string of the molecule is c1ccc(-c2cc(-c3ccccc3)cc(-n3c4ccc5c(c6ccccc6n5-c5nc(-c6ccc7c(c6)oc6ccccc67)c6ccccc6n5)c4c4c5ccccc5c5ccccc5c43)c2)cc1. The second kappa shape index (κ2) is 14.6. The molecule has 5 heteroatoms. The predicted molar refractivity (Wildman–Crippen MR) is 287 cm³/mol. The fourth-order valence-electron chi connectivity index (χ4n) is 11.3. The predicted octanol–water partition coefficient (Wildman–Crippen LogP) is 17.0. The van der Waals surface area contributed by atoms with Crippen LogP contribution < -0.4 is 0 Å². The summed E-state index contributed by atoms with van der Waals surface area (Å²) in [4.78, 5) is 10.9. The molecule has 320 valence electrons. The Hall–Kier alpha value is -9.32. The first-order chi connectivity index (χ1) is 34.2. The lowest BCUT2D eigenvalue weighted by Gasteiger charge is -2.15. The summed E-state index contributed by atoms with van der Waals surface area (Å²) in [5, 5.41) is 12.8. The molecule has 0 atom stereocenters. The maximum atomic E-state index is 6.42. The molecule has 4 aromatic heterocycles. The number of hydrogen-bond donors (Lipinski definition) is 0. The zero-order valence-corrected chi connectivity index (χ0v) is 37.1. The van der Waals surface area contributed by atoms with Crippen molar-refractivity contribution in [2.24, 2.45) is 0 Å². The van der Waals surface area contributed by atoms with Gasteiger partial charge in [-0.1, -0.05) is 170 Å². The van der Waals surface area contributed by atoms with Crippen LogP contribution in [0.25, 0.3) is 143 Å². The first kappa shape index (κ1) is 37.9. The molecule has 0 aliphatic carbocycles. The van der Waals surface area contributed by atoms with Crippen molar-refractivity contribution >= 4 is 98.0 Å². The van der Waals surface area contributed by atoms with Crippen LogP contribution in [0.15, 0.2) is 235 Å². The number of aromatic nitrogens is 4. The quantitative estimate of drug-likeness (QED) is 0.162. The van der Waals surface area contributed by atoms with Gasteiger partial charge in [0.25, 0.3) is 0 Å². The monoisotopic (exact) mass is 878 g/mol. The van der Waals surface area contributed by atoms with Gasteiger partial charge in [0, 0.05) is 54.3 Å². The van der Waals surface area contributed by atoms with Crippen LogP contribution in [-0.2, 0) is 0 Å². The smallest absolute Gasteiger partial charge is 0.235 e. The molecule has 5 nitrogen and oxygen atoms in total. The highest BCUT2D eigenvalue weighted by Crippen LogP contribution is 2.48. The number of fused-ring (bicyclic) bond motifs is 16. The molecule has 4 heterocycles. The van der Waals surface area contributed by atoms with Crippen molar-refractivity contribution in [3.05, 3.63) is 231 Å². The first-order valence-corrected chi connectivity index (χ1v) is 23.5. The van der Waals surface area contributed by atoms with Gasteiger partial charge in [-0.2, -0.15) is 0 Å². The van der Waals surface area contributed by atoms with E-state index in [0.29, 0.717) is 5.95 Å². The normalized spacial score (nSPS) is 12.1. The van der Waals surface area contributed by atoms with Crippen molar-refractivity contribution in [1.29, 1.82) is 0 Å². The van der Waals surface area contributed by atoms with E-state index in [2.05, 4.69) is 228 Å². The number of benzene rings is 11. The Morgan fingerprint density at radius 2 is 0.870 bits per heavy atom. The van der Waals surface area contributed by atoms with Gasteiger partial charge in [-0.3, -0.25) is 4.57 Å².